The molecule has 0 aliphatic carbocycles. The molecule has 3 aromatic heterocycles. The van der Waals surface area contributed by atoms with Crippen LogP contribution < -0.4 is 0 Å². The summed E-state index contributed by atoms with van der Waals surface area (Å²) in [5, 5.41) is 0. The van der Waals surface area contributed by atoms with Crippen molar-refractivity contribution in [3.63, 3.8) is 0 Å². The fourth-order valence-electron chi connectivity index (χ4n) is 6.05. The molecule has 5 nitrogen and oxygen atoms in total. The van der Waals surface area contributed by atoms with Crippen LogP contribution in [0.15, 0.2) is 158 Å². The van der Waals surface area contributed by atoms with Crippen LogP contribution in [-0.2, 0) is 0 Å². The van der Waals surface area contributed by atoms with Crippen molar-refractivity contribution in [1.29, 1.82) is 0 Å². The molecule has 0 spiro atoms. The van der Waals surface area contributed by atoms with E-state index in [4.69, 9.17) is 0 Å². The van der Waals surface area contributed by atoms with Gasteiger partial charge in [-0.2, -0.15) is 0 Å². The van der Waals surface area contributed by atoms with Crippen molar-refractivity contribution in [2.75, 3.05) is 0 Å². The van der Waals surface area contributed by atoms with Gasteiger partial charge in [0.1, 0.15) is 0 Å². The SMILES string of the molecule is O=C(c1ccccc1)c1ccc(C(c2ccccc2)c2c[nH]c(C(c3ccccc3)c3ccc(C(=O)c4ccccc4)[nH]3)c2)[nH]1. The summed E-state index contributed by atoms with van der Waals surface area (Å²) in [5.41, 5.74) is 8.49. The minimum Gasteiger partial charge on any atom is -0.364 e. The van der Waals surface area contributed by atoms with E-state index in [0.717, 1.165) is 33.8 Å². The average Bonchev–Trinajstić information content (AvgIpc) is 3.89. The molecule has 0 aliphatic heterocycles. The van der Waals surface area contributed by atoms with Gasteiger partial charge in [-0.05, 0) is 47.0 Å². The van der Waals surface area contributed by atoms with Crippen LogP contribution in [0.25, 0.3) is 0 Å². The summed E-state index contributed by atoms with van der Waals surface area (Å²) in [6.45, 7) is 0. The number of hydrogen-bond acceptors (Lipinski definition) is 2. The van der Waals surface area contributed by atoms with E-state index in [2.05, 4.69) is 45.3 Å². The van der Waals surface area contributed by atoms with E-state index in [0.29, 0.717) is 22.5 Å². The lowest BCUT2D eigenvalue weighted by molar-refractivity contribution is 0.102. The molecule has 7 rings (SSSR count). The molecule has 0 saturated heterocycles. The molecule has 0 aliphatic rings. The minimum absolute atomic E-state index is 0.0415. The van der Waals surface area contributed by atoms with E-state index >= 15 is 0 Å². The quantitative estimate of drug-likeness (QED) is 0.141. The molecule has 2 atom stereocenters. The predicted molar refractivity (Wildman–Crippen MR) is 177 cm³/mol. The van der Waals surface area contributed by atoms with Crippen molar-refractivity contribution >= 4 is 11.6 Å². The Bertz CT molecular complexity index is 1890. The van der Waals surface area contributed by atoms with Crippen molar-refractivity contribution in [3.8, 4) is 0 Å². The monoisotopic (exact) mass is 585 g/mol. The second-order valence-electron chi connectivity index (χ2n) is 11.1. The van der Waals surface area contributed by atoms with Crippen LogP contribution >= 0.6 is 0 Å². The number of hydrogen-bond donors (Lipinski definition) is 3. The van der Waals surface area contributed by atoms with E-state index in [-0.39, 0.29) is 23.4 Å². The highest BCUT2D eigenvalue weighted by molar-refractivity contribution is 6.08. The highest BCUT2D eigenvalue weighted by Gasteiger charge is 2.26. The summed E-state index contributed by atoms with van der Waals surface area (Å²) >= 11 is 0. The van der Waals surface area contributed by atoms with Gasteiger partial charge in [0.15, 0.2) is 0 Å². The van der Waals surface area contributed by atoms with Crippen molar-refractivity contribution in [1.82, 2.24) is 15.0 Å². The fraction of sp³-hybridized carbons (Fsp3) is 0.0500. The number of carbonyl (C=O) groups excluding carboxylic acids is 2. The van der Waals surface area contributed by atoms with Crippen molar-refractivity contribution < 1.29 is 9.59 Å². The third-order valence-electron chi connectivity index (χ3n) is 8.24. The number of ketones is 2. The molecule has 0 fully saturated rings. The highest BCUT2D eigenvalue weighted by atomic mass is 16.1. The molecule has 218 valence electrons. The Morgan fingerprint density at radius 3 is 1.33 bits per heavy atom. The molecule has 0 bridgehead atoms. The number of benzene rings is 4. The maximum atomic E-state index is 13.2. The molecule has 7 aromatic rings. The number of aromatic amines is 3. The first-order valence-electron chi connectivity index (χ1n) is 15.0. The van der Waals surface area contributed by atoms with Crippen LogP contribution in [0.4, 0.5) is 0 Å². The van der Waals surface area contributed by atoms with Gasteiger partial charge in [0.25, 0.3) is 0 Å². The Hall–Kier alpha value is -5.94. The largest absolute Gasteiger partial charge is 0.364 e. The number of rotatable bonds is 10. The Labute approximate surface area is 261 Å². The summed E-state index contributed by atoms with van der Waals surface area (Å²) in [5.74, 6) is -0.380. The van der Waals surface area contributed by atoms with Crippen molar-refractivity contribution in [3.05, 3.63) is 214 Å². The van der Waals surface area contributed by atoms with Crippen LogP contribution in [0, 0.1) is 0 Å². The predicted octanol–water partition coefficient (Wildman–Crippen LogP) is 8.49. The van der Waals surface area contributed by atoms with E-state index in [9.17, 15) is 9.59 Å². The number of nitrogens with one attached hydrogen (secondary N) is 3. The maximum absolute atomic E-state index is 13.2. The van der Waals surface area contributed by atoms with Gasteiger partial charge in [0.05, 0.1) is 23.2 Å². The van der Waals surface area contributed by atoms with E-state index in [1.54, 1.807) is 0 Å². The van der Waals surface area contributed by atoms with Crippen LogP contribution in [0.1, 0.15) is 77.7 Å². The van der Waals surface area contributed by atoms with Crippen molar-refractivity contribution in [2.45, 2.75) is 11.8 Å². The zero-order chi connectivity index (χ0) is 30.6. The van der Waals surface area contributed by atoms with Gasteiger partial charge in [0, 0.05) is 34.4 Å². The summed E-state index contributed by atoms with van der Waals surface area (Å²) in [6, 6.07) is 49.1. The van der Waals surface area contributed by atoms with Crippen LogP contribution in [0.2, 0.25) is 0 Å². The molecule has 0 amide bonds. The van der Waals surface area contributed by atoms with Gasteiger partial charge in [-0.3, -0.25) is 9.59 Å². The normalized spacial score (nSPS) is 12.4. The molecular weight excluding hydrogens is 554 g/mol. The maximum Gasteiger partial charge on any atom is 0.209 e. The van der Waals surface area contributed by atoms with E-state index < -0.39 is 0 Å². The summed E-state index contributed by atoms with van der Waals surface area (Å²) in [7, 11) is 0. The highest BCUT2D eigenvalue weighted by Crippen LogP contribution is 2.36. The third kappa shape index (κ3) is 5.71. The Morgan fingerprint density at radius 1 is 0.422 bits per heavy atom. The number of carbonyl (C=O) groups is 2. The first-order valence-corrected chi connectivity index (χ1v) is 15.0. The molecule has 5 heteroatoms. The number of aromatic nitrogens is 3. The van der Waals surface area contributed by atoms with Crippen LogP contribution in [0.5, 0.6) is 0 Å². The van der Waals surface area contributed by atoms with Gasteiger partial charge < -0.3 is 15.0 Å². The zero-order valence-electron chi connectivity index (χ0n) is 24.5. The van der Waals surface area contributed by atoms with Gasteiger partial charge in [0.2, 0.25) is 11.6 Å². The molecule has 2 unspecified atom stereocenters. The average molecular weight is 586 g/mol. The van der Waals surface area contributed by atoms with Gasteiger partial charge in [-0.15, -0.1) is 0 Å². The smallest absolute Gasteiger partial charge is 0.209 e. The molecule has 3 N–H and O–H groups in total. The molecule has 3 heterocycles. The second-order valence-corrected chi connectivity index (χ2v) is 11.1. The van der Waals surface area contributed by atoms with Crippen LogP contribution in [-0.4, -0.2) is 26.5 Å². The number of H-pyrrole nitrogens is 3. The van der Waals surface area contributed by atoms with Gasteiger partial charge >= 0.3 is 0 Å². The Morgan fingerprint density at radius 2 is 0.844 bits per heavy atom. The topological polar surface area (TPSA) is 81.5 Å². The van der Waals surface area contributed by atoms with E-state index in [1.165, 1.54) is 0 Å². The van der Waals surface area contributed by atoms with E-state index in [1.807, 2.05) is 128 Å². The van der Waals surface area contributed by atoms with Gasteiger partial charge in [-0.25, -0.2) is 0 Å². The summed E-state index contributed by atoms with van der Waals surface area (Å²) in [4.78, 5) is 36.9. The standard InChI is InChI=1S/C40H31N3O2/c44-39(29-17-9-3-10-18-29)34-23-21-32(42-34)37(27-13-5-1-6-14-27)31-25-36(41-26-31)38(28-15-7-2-8-16-28)33-22-24-35(43-33)40(45)30-19-11-4-12-20-30/h1-26,37-38,41-43H. The van der Waals surface area contributed by atoms with Crippen LogP contribution in [0.3, 0.4) is 0 Å². The molecule has 4 aromatic carbocycles. The molecule has 0 saturated carbocycles. The summed E-state index contributed by atoms with van der Waals surface area (Å²) in [6.07, 6.45) is 2.04. The Balaban J connectivity index is 1.27. The molecular formula is C40H31N3O2. The zero-order valence-corrected chi connectivity index (χ0v) is 24.5. The lowest BCUT2D eigenvalue weighted by Gasteiger charge is -2.17. The first-order chi connectivity index (χ1) is 22.2. The second kappa shape index (κ2) is 12.3. The molecule has 0 radical (unpaired) electrons. The lowest BCUT2D eigenvalue weighted by Crippen LogP contribution is -2.07. The lowest BCUT2D eigenvalue weighted by atomic mass is 9.88. The summed E-state index contributed by atoms with van der Waals surface area (Å²) < 4.78 is 0. The van der Waals surface area contributed by atoms with Crippen molar-refractivity contribution in [2.24, 2.45) is 0 Å². The minimum atomic E-state index is -0.160. The van der Waals surface area contributed by atoms with Gasteiger partial charge in [-0.1, -0.05) is 121 Å². The first kappa shape index (κ1) is 27.9. The fourth-order valence-corrected chi connectivity index (χ4v) is 6.05. The molecule has 45 heavy (non-hydrogen) atoms. The Kier molecular flexibility index (Phi) is 7.65. The third-order valence-corrected chi connectivity index (χ3v) is 8.24.